The first-order valence-corrected chi connectivity index (χ1v) is 11.2. The highest BCUT2D eigenvalue weighted by molar-refractivity contribution is 7.09. The molecule has 0 N–H and O–H groups in total. The van der Waals surface area contributed by atoms with Crippen molar-refractivity contribution in [2.75, 3.05) is 25.2 Å². The molecule has 2 amide bonds. The number of hydrogen-bond donors (Lipinski definition) is 0. The smallest absolute Gasteiger partial charge is 0.354 e. The van der Waals surface area contributed by atoms with Gasteiger partial charge in [0.1, 0.15) is 6.61 Å². The van der Waals surface area contributed by atoms with Gasteiger partial charge in [0, 0.05) is 31.9 Å². The third-order valence-electron chi connectivity index (χ3n) is 5.63. The number of carbonyl (C=O) groups excluding carboxylic acids is 3. The normalized spacial score (nSPS) is 20.1. The minimum atomic E-state index is -1.51. The lowest BCUT2D eigenvalue weighted by Crippen LogP contribution is -2.68. The number of aromatic nitrogens is 1. The number of benzene rings is 1. The molecule has 2 aliphatic heterocycles. The first kappa shape index (κ1) is 21.5. The van der Waals surface area contributed by atoms with Crippen LogP contribution in [-0.2, 0) is 32.1 Å². The van der Waals surface area contributed by atoms with E-state index in [0.717, 1.165) is 17.8 Å². The van der Waals surface area contributed by atoms with Crippen LogP contribution in [0.4, 0.5) is 5.69 Å². The van der Waals surface area contributed by atoms with Gasteiger partial charge in [0.05, 0.1) is 28.6 Å². The number of rotatable bonds is 8. The summed E-state index contributed by atoms with van der Waals surface area (Å²) < 4.78 is 10.8. The van der Waals surface area contributed by atoms with E-state index in [1.165, 1.54) is 28.2 Å². The molecule has 8 nitrogen and oxygen atoms in total. The molecule has 1 aromatic carbocycles. The number of aryl methyl sites for hydroxylation is 1. The molecule has 0 radical (unpaired) electrons. The van der Waals surface area contributed by atoms with Crippen LogP contribution in [0.1, 0.15) is 47.2 Å². The third-order valence-corrected chi connectivity index (χ3v) is 6.59. The molecular formula is C22H25N3O5S. The number of esters is 1. The van der Waals surface area contributed by atoms with Gasteiger partial charge in [-0.1, -0.05) is 19.1 Å². The van der Waals surface area contributed by atoms with Gasteiger partial charge in [-0.2, -0.15) is 0 Å². The quantitative estimate of drug-likeness (QED) is 0.583. The molecule has 31 heavy (non-hydrogen) atoms. The van der Waals surface area contributed by atoms with Crippen molar-refractivity contribution in [2.45, 2.75) is 44.9 Å². The van der Waals surface area contributed by atoms with Crippen molar-refractivity contribution in [3.05, 3.63) is 45.9 Å². The minimum absolute atomic E-state index is 0.00319. The Bertz CT molecular complexity index is 1010. The van der Waals surface area contributed by atoms with Crippen LogP contribution in [0.15, 0.2) is 29.6 Å². The maximum absolute atomic E-state index is 13.5. The van der Waals surface area contributed by atoms with Gasteiger partial charge in [-0.05, 0) is 25.0 Å². The standard InChI is InChI=1S/C22H25N3O5S/c1-3-6-18-23-15(14-31-18)13-30-21(28)22-10-9-19(26)25(22)17-8-5-4-7-16(17)20(27)24(22)11-12-29-2/h4-5,7-8,14H,3,6,9-13H2,1-2H3. The lowest BCUT2D eigenvalue weighted by Gasteiger charge is -2.48. The second-order valence-electron chi connectivity index (χ2n) is 7.57. The summed E-state index contributed by atoms with van der Waals surface area (Å²) in [5.41, 5.74) is -0.0101. The summed E-state index contributed by atoms with van der Waals surface area (Å²) in [4.78, 5) is 47.1. The van der Waals surface area contributed by atoms with Crippen LogP contribution in [-0.4, -0.2) is 53.6 Å². The van der Waals surface area contributed by atoms with Crippen molar-refractivity contribution in [2.24, 2.45) is 0 Å². The van der Waals surface area contributed by atoms with E-state index >= 15 is 0 Å². The molecular weight excluding hydrogens is 418 g/mol. The summed E-state index contributed by atoms with van der Waals surface area (Å²) in [5, 5.41) is 2.87. The molecule has 1 atom stereocenters. The number of methoxy groups -OCH3 is 1. The maximum atomic E-state index is 13.5. The first-order chi connectivity index (χ1) is 15.0. The number of fused-ring (bicyclic) bond motifs is 3. The topological polar surface area (TPSA) is 89.0 Å². The van der Waals surface area contributed by atoms with Gasteiger partial charge in [0.2, 0.25) is 11.6 Å². The first-order valence-electron chi connectivity index (χ1n) is 10.4. The number of ether oxygens (including phenoxy) is 2. The number of anilines is 1. The molecule has 2 aromatic rings. The van der Waals surface area contributed by atoms with Crippen LogP contribution in [0, 0.1) is 0 Å². The monoisotopic (exact) mass is 443 g/mol. The van der Waals surface area contributed by atoms with Crippen LogP contribution in [0.2, 0.25) is 0 Å². The van der Waals surface area contributed by atoms with Crippen LogP contribution < -0.4 is 4.90 Å². The van der Waals surface area contributed by atoms with Crippen LogP contribution in [0.5, 0.6) is 0 Å². The summed E-state index contributed by atoms with van der Waals surface area (Å²) >= 11 is 1.53. The molecule has 9 heteroatoms. The summed E-state index contributed by atoms with van der Waals surface area (Å²) in [6.07, 6.45) is 2.19. The Hall–Kier alpha value is -2.78. The molecule has 1 unspecified atom stereocenters. The Kier molecular flexibility index (Phi) is 6.06. The fourth-order valence-corrected chi connectivity index (χ4v) is 5.12. The SMILES string of the molecule is CCCc1nc(COC(=O)C23CCC(=O)N2c2ccccc2C(=O)N3CCOC)cs1. The number of nitrogens with zero attached hydrogens (tertiary/aromatic N) is 3. The van der Waals surface area contributed by atoms with E-state index in [1.807, 2.05) is 5.38 Å². The lowest BCUT2D eigenvalue weighted by atomic mass is 9.96. The molecule has 1 aromatic heterocycles. The van der Waals surface area contributed by atoms with Gasteiger partial charge in [-0.25, -0.2) is 9.78 Å². The minimum Gasteiger partial charge on any atom is -0.456 e. The zero-order valence-corrected chi connectivity index (χ0v) is 18.4. The molecule has 0 spiro atoms. The fraction of sp³-hybridized carbons (Fsp3) is 0.455. The van der Waals surface area contributed by atoms with Gasteiger partial charge in [-0.15, -0.1) is 11.3 Å². The van der Waals surface area contributed by atoms with Crippen LogP contribution in [0.25, 0.3) is 0 Å². The number of para-hydroxylation sites is 1. The summed E-state index contributed by atoms with van der Waals surface area (Å²) in [5.74, 6) is -1.14. The van der Waals surface area contributed by atoms with Gasteiger partial charge in [0.15, 0.2) is 0 Å². The largest absolute Gasteiger partial charge is 0.456 e. The number of hydrogen-bond acceptors (Lipinski definition) is 7. The van der Waals surface area contributed by atoms with E-state index < -0.39 is 11.6 Å². The van der Waals surface area contributed by atoms with E-state index in [-0.39, 0.29) is 44.4 Å². The average molecular weight is 444 g/mol. The summed E-state index contributed by atoms with van der Waals surface area (Å²) in [6.45, 7) is 2.48. The van der Waals surface area contributed by atoms with Crippen molar-refractivity contribution >= 4 is 34.8 Å². The zero-order chi connectivity index (χ0) is 22.0. The van der Waals surface area contributed by atoms with Crippen molar-refractivity contribution in [1.29, 1.82) is 0 Å². The molecule has 3 heterocycles. The Labute approximate surface area is 184 Å². The van der Waals surface area contributed by atoms with Crippen molar-refractivity contribution in [3.63, 3.8) is 0 Å². The highest BCUT2D eigenvalue weighted by Crippen LogP contribution is 2.45. The fourth-order valence-electron chi connectivity index (χ4n) is 4.23. The molecule has 0 bridgehead atoms. The van der Waals surface area contributed by atoms with Gasteiger partial charge < -0.3 is 14.4 Å². The van der Waals surface area contributed by atoms with Gasteiger partial charge in [-0.3, -0.25) is 14.5 Å². The highest BCUT2D eigenvalue weighted by Gasteiger charge is 2.61. The molecule has 0 saturated carbocycles. The van der Waals surface area contributed by atoms with E-state index in [4.69, 9.17) is 9.47 Å². The van der Waals surface area contributed by atoms with Crippen molar-refractivity contribution < 1.29 is 23.9 Å². The zero-order valence-electron chi connectivity index (χ0n) is 17.6. The predicted octanol–water partition coefficient (Wildman–Crippen LogP) is 2.76. The van der Waals surface area contributed by atoms with E-state index in [0.29, 0.717) is 16.9 Å². The average Bonchev–Trinajstić information content (AvgIpc) is 3.37. The Morgan fingerprint density at radius 2 is 2.10 bits per heavy atom. The number of carbonyl (C=O) groups is 3. The van der Waals surface area contributed by atoms with Crippen molar-refractivity contribution in [1.82, 2.24) is 9.88 Å². The maximum Gasteiger partial charge on any atom is 0.354 e. The molecule has 164 valence electrons. The van der Waals surface area contributed by atoms with Gasteiger partial charge in [0.25, 0.3) is 5.91 Å². The number of thiazole rings is 1. The Morgan fingerprint density at radius 3 is 2.87 bits per heavy atom. The Balaban J connectivity index is 1.68. The summed E-state index contributed by atoms with van der Waals surface area (Å²) in [7, 11) is 1.53. The third kappa shape index (κ3) is 3.61. The Morgan fingerprint density at radius 1 is 1.29 bits per heavy atom. The lowest BCUT2D eigenvalue weighted by molar-refractivity contribution is -0.159. The molecule has 0 aliphatic carbocycles. The van der Waals surface area contributed by atoms with Gasteiger partial charge >= 0.3 is 5.97 Å². The molecule has 1 saturated heterocycles. The van der Waals surface area contributed by atoms with Crippen molar-refractivity contribution in [3.8, 4) is 0 Å². The number of amides is 2. The van der Waals surface area contributed by atoms with Crippen LogP contribution in [0.3, 0.4) is 0 Å². The summed E-state index contributed by atoms with van der Waals surface area (Å²) in [6, 6.07) is 6.86. The molecule has 2 aliphatic rings. The van der Waals surface area contributed by atoms with E-state index in [1.54, 1.807) is 24.3 Å². The second kappa shape index (κ2) is 8.76. The van der Waals surface area contributed by atoms with Crippen LogP contribution >= 0.6 is 11.3 Å². The predicted molar refractivity (Wildman–Crippen MR) is 115 cm³/mol. The molecule has 4 rings (SSSR count). The highest BCUT2D eigenvalue weighted by atomic mass is 32.1. The second-order valence-corrected chi connectivity index (χ2v) is 8.51. The van der Waals surface area contributed by atoms with E-state index in [2.05, 4.69) is 11.9 Å². The van der Waals surface area contributed by atoms with E-state index in [9.17, 15) is 14.4 Å². The molecule has 1 fully saturated rings.